The lowest BCUT2D eigenvalue weighted by molar-refractivity contribution is 1.41. The van der Waals surface area contributed by atoms with E-state index in [2.05, 4.69) is 46.4 Å². The Balaban J connectivity index is 1.54. The fourth-order valence-corrected chi connectivity index (χ4v) is 3.48. The van der Waals surface area contributed by atoms with Crippen LogP contribution in [0.3, 0.4) is 0 Å². The summed E-state index contributed by atoms with van der Waals surface area (Å²) in [5, 5.41) is 2.32. The third-order valence-corrected chi connectivity index (χ3v) is 4.34. The summed E-state index contributed by atoms with van der Waals surface area (Å²) in [7, 11) is 0. The van der Waals surface area contributed by atoms with E-state index in [1.54, 1.807) is 11.8 Å². The largest absolute Gasteiger partial charge is 0.246 e. The number of para-hydroxylation sites is 2. The van der Waals surface area contributed by atoms with Crippen molar-refractivity contribution >= 4 is 33.2 Å². The summed E-state index contributed by atoms with van der Waals surface area (Å²) in [6.45, 7) is 0. The van der Waals surface area contributed by atoms with Crippen LogP contribution in [0, 0.1) is 0 Å². The Hall–Kier alpha value is -1.87. The third kappa shape index (κ3) is 2.00. The SMILES string of the molecule is c1ccc2c(c1)CC(SC1=Nc3ccccc3C1)=N2. The summed E-state index contributed by atoms with van der Waals surface area (Å²) in [4.78, 5) is 9.35. The molecule has 0 aliphatic carbocycles. The zero-order valence-electron chi connectivity index (χ0n) is 10.3. The Bertz CT molecular complexity index is 655. The second-order valence-electron chi connectivity index (χ2n) is 4.72. The molecule has 4 rings (SSSR count). The number of fused-ring (bicyclic) bond motifs is 2. The van der Waals surface area contributed by atoms with E-state index in [1.807, 2.05) is 12.1 Å². The van der Waals surface area contributed by atoms with Crippen molar-refractivity contribution in [3.8, 4) is 0 Å². The van der Waals surface area contributed by atoms with Crippen LogP contribution in [0.2, 0.25) is 0 Å². The topological polar surface area (TPSA) is 24.7 Å². The van der Waals surface area contributed by atoms with Crippen LogP contribution in [0.4, 0.5) is 11.4 Å². The molecule has 0 fully saturated rings. The Labute approximate surface area is 116 Å². The molecule has 3 heteroatoms. The average Bonchev–Trinajstić information content (AvgIpc) is 3.00. The summed E-state index contributed by atoms with van der Waals surface area (Å²) in [6.07, 6.45) is 1.88. The van der Waals surface area contributed by atoms with Crippen molar-refractivity contribution in [2.75, 3.05) is 0 Å². The van der Waals surface area contributed by atoms with E-state index in [4.69, 9.17) is 0 Å². The second kappa shape index (κ2) is 4.35. The molecule has 0 spiro atoms. The molecule has 0 radical (unpaired) electrons. The highest BCUT2D eigenvalue weighted by molar-refractivity contribution is 8.26. The number of thioether (sulfide) groups is 1. The van der Waals surface area contributed by atoms with Crippen LogP contribution in [0.1, 0.15) is 11.1 Å². The van der Waals surface area contributed by atoms with Gasteiger partial charge in [0, 0.05) is 12.8 Å². The zero-order chi connectivity index (χ0) is 12.7. The second-order valence-corrected chi connectivity index (χ2v) is 5.87. The molecule has 0 bridgehead atoms. The first-order valence-electron chi connectivity index (χ1n) is 6.37. The van der Waals surface area contributed by atoms with Crippen molar-refractivity contribution in [2.24, 2.45) is 9.98 Å². The van der Waals surface area contributed by atoms with E-state index in [1.165, 1.54) is 11.1 Å². The number of hydrogen-bond donors (Lipinski definition) is 0. The molecule has 2 aliphatic heterocycles. The predicted octanol–water partition coefficient (Wildman–Crippen LogP) is 4.29. The molecule has 0 amide bonds. The van der Waals surface area contributed by atoms with Gasteiger partial charge in [-0.2, -0.15) is 0 Å². The molecule has 2 aliphatic rings. The van der Waals surface area contributed by atoms with Crippen LogP contribution in [0.25, 0.3) is 0 Å². The molecule has 0 saturated carbocycles. The molecule has 2 aromatic carbocycles. The molecular formula is C16H12N2S. The summed E-state index contributed by atoms with van der Waals surface area (Å²) in [6, 6.07) is 16.7. The Morgan fingerprint density at radius 1 is 0.684 bits per heavy atom. The van der Waals surface area contributed by atoms with Crippen LogP contribution in [0.15, 0.2) is 58.5 Å². The number of rotatable bonds is 0. The third-order valence-electron chi connectivity index (χ3n) is 3.39. The van der Waals surface area contributed by atoms with Crippen molar-refractivity contribution in [1.82, 2.24) is 0 Å². The lowest BCUT2D eigenvalue weighted by Crippen LogP contribution is -1.99. The maximum atomic E-state index is 4.68. The minimum atomic E-state index is 0.941. The minimum Gasteiger partial charge on any atom is -0.246 e. The van der Waals surface area contributed by atoms with Crippen molar-refractivity contribution in [2.45, 2.75) is 12.8 Å². The Kier molecular flexibility index (Phi) is 2.52. The van der Waals surface area contributed by atoms with Crippen molar-refractivity contribution < 1.29 is 0 Å². The maximum absolute atomic E-state index is 4.68. The van der Waals surface area contributed by atoms with Crippen LogP contribution >= 0.6 is 11.8 Å². The molecule has 19 heavy (non-hydrogen) atoms. The first kappa shape index (κ1) is 11.0. The standard InChI is InChI=1S/C16H12N2S/c1-3-7-13-11(5-1)9-15(17-13)19-16-10-12-6-2-4-8-14(12)18-16/h1-8H,9-10H2. The van der Waals surface area contributed by atoms with E-state index < -0.39 is 0 Å². The number of nitrogens with zero attached hydrogens (tertiary/aromatic N) is 2. The van der Waals surface area contributed by atoms with Gasteiger partial charge in [0.1, 0.15) is 0 Å². The number of aliphatic imine (C=N–C) groups is 2. The van der Waals surface area contributed by atoms with E-state index in [9.17, 15) is 0 Å². The normalized spacial score (nSPS) is 15.8. The van der Waals surface area contributed by atoms with Gasteiger partial charge in [-0.25, -0.2) is 9.98 Å². The summed E-state index contributed by atoms with van der Waals surface area (Å²) in [5.41, 5.74) is 4.87. The van der Waals surface area contributed by atoms with Gasteiger partial charge in [-0.3, -0.25) is 0 Å². The van der Waals surface area contributed by atoms with Gasteiger partial charge < -0.3 is 0 Å². The molecule has 2 aromatic rings. The van der Waals surface area contributed by atoms with E-state index in [0.29, 0.717) is 0 Å². The number of hydrogen-bond acceptors (Lipinski definition) is 3. The fourth-order valence-electron chi connectivity index (χ4n) is 2.47. The highest BCUT2D eigenvalue weighted by atomic mass is 32.2. The highest BCUT2D eigenvalue weighted by Crippen LogP contribution is 2.34. The molecule has 0 N–H and O–H groups in total. The van der Waals surface area contributed by atoms with Gasteiger partial charge in [0.15, 0.2) is 0 Å². The lowest BCUT2D eigenvalue weighted by atomic mass is 10.2. The average molecular weight is 264 g/mol. The van der Waals surface area contributed by atoms with Crippen LogP contribution in [-0.4, -0.2) is 10.1 Å². The van der Waals surface area contributed by atoms with Gasteiger partial charge in [0.2, 0.25) is 0 Å². The van der Waals surface area contributed by atoms with Gasteiger partial charge >= 0.3 is 0 Å². The fraction of sp³-hybridized carbons (Fsp3) is 0.125. The molecule has 0 atom stereocenters. The van der Waals surface area contributed by atoms with Crippen molar-refractivity contribution in [3.05, 3.63) is 59.7 Å². The Morgan fingerprint density at radius 2 is 1.16 bits per heavy atom. The van der Waals surface area contributed by atoms with E-state index >= 15 is 0 Å². The monoisotopic (exact) mass is 264 g/mol. The number of benzene rings is 2. The first-order chi connectivity index (χ1) is 9.38. The first-order valence-corrected chi connectivity index (χ1v) is 7.19. The van der Waals surface area contributed by atoms with Crippen LogP contribution < -0.4 is 0 Å². The predicted molar refractivity (Wildman–Crippen MR) is 82.1 cm³/mol. The lowest BCUT2D eigenvalue weighted by Gasteiger charge is -1.98. The summed E-state index contributed by atoms with van der Waals surface area (Å²) >= 11 is 1.73. The van der Waals surface area contributed by atoms with E-state index in [0.717, 1.165) is 34.3 Å². The van der Waals surface area contributed by atoms with Gasteiger partial charge in [-0.05, 0) is 23.3 Å². The smallest absolute Gasteiger partial charge is 0.0842 e. The van der Waals surface area contributed by atoms with Crippen LogP contribution in [-0.2, 0) is 12.8 Å². The molecule has 92 valence electrons. The van der Waals surface area contributed by atoms with Gasteiger partial charge in [0.25, 0.3) is 0 Å². The maximum Gasteiger partial charge on any atom is 0.0842 e. The van der Waals surface area contributed by atoms with Crippen molar-refractivity contribution in [1.29, 1.82) is 0 Å². The molecule has 2 heterocycles. The quantitative estimate of drug-likeness (QED) is 0.696. The summed E-state index contributed by atoms with van der Waals surface area (Å²) in [5.74, 6) is 0. The van der Waals surface area contributed by atoms with Gasteiger partial charge in [-0.15, -0.1) is 0 Å². The molecule has 0 aromatic heterocycles. The zero-order valence-corrected chi connectivity index (χ0v) is 11.2. The van der Waals surface area contributed by atoms with E-state index in [-0.39, 0.29) is 0 Å². The van der Waals surface area contributed by atoms with Crippen molar-refractivity contribution in [3.63, 3.8) is 0 Å². The molecular weight excluding hydrogens is 252 g/mol. The van der Waals surface area contributed by atoms with Gasteiger partial charge in [0.05, 0.1) is 21.5 Å². The Morgan fingerprint density at radius 3 is 1.63 bits per heavy atom. The van der Waals surface area contributed by atoms with Gasteiger partial charge in [-0.1, -0.05) is 48.2 Å². The molecule has 0 saturated heterocycles. The molecule has 0 unspecified atom stereocenters. The minimum absolute atomic E-state index is 0.941. The summed E-state index contributed by atoms with van der Waals surface area (Å²) < 4.78 is 0. The molecule has 2 nitrogen and oxygen atoms in total. The highest BCUT2D eigenvalue weighted by Gasteiger charge is 2.20. The van der Waals surface area contributed by atoms with Crippen LogP contribution in [0.5, 0.6) is 0 Å².